The van der Waals surface area contributed by atoms with Crippen molar-refractivity contribution in [1.29, 1.82) is 0 Å². The van der Waals surface area contributed by atoms with Gasteiger partial charge >= 0.3 is 0 Å². The number of aromatic nitrogens is 4. The second-order valence-corrected chi connectivity index (χ2v) is 7.06. The summed E-state index contributed by atoms with van der Waals surface area (Å²) in [5.74, 6) is 0.847. The van der Waals surface area contributed by atoms with Crippen LogP contribution in [0, 0.1) is 0 Å². The molecule has 0 bridgehead atoms. The highest BCUT2D eigenvalue weighted by Crippen LogP contribution is 2.22. The fraction of sp³-hybridized carbons (Fsp3) is 0.400. The molecule has 0 saturated heterocycles. The number of benzene rings is 1. The highest BCUT2D eigenvalue weighted by molar-refractivity contribution is 5.76. The van der Waals surface area contributed by atoms with E-state index in [1.165, 1.54) is 4.52 Å². The van der Waals surface area contributed by atoms with E-state index < -0.39 is 0 Å². The molecule has 0 radical (unpaired) electrons. The number of hydrogen-bond acceptors (Lipinski definition) is 4. The van der Waals surface area contributed by atoms with Crippen LogP contribution in [0.2, 0.25) is 0 Å². The average Bonchev–Trinajstić information content (AvgIpc) is 3.33. The molecule has 1 amide bonds. The van der Waals surface area contributed by atoms with Crippen molar-refractivity contribution in [2.75, 3.05) is 0 Å². The van der Waals surface area contributed by atoms with Gasteiger partial charge in [-0.3, -0.25) is 9.59 Å². The first-order valence-electron chi connectivity index (χ1n) is 9.44. The van der Waals surface area contributed by atoms with Crippen molar-refractivity contribution in [2.24, 2.45) is 0 Å². The first kappa shape index (κ1) is 17.5. The Labute approximate surface area is 157 Å². The van der Waals surface area contributed by atoms with E-state index in [0.29, 0.717) is 11.6 Å². The molecule has 0 spiro atoms. The van der Waals surface area contributed by atoms with Gasteiger partial charge in [-0.2, -0.15) is 9.50 Å². The van der Waals surface area contributed by atoms with Gasteiger partial charge < -0.3 is 9.88 Å². The molecule has 27 heavy (non-hydrogen) atoms. The van der Waals surface area contributed by atoms with Crippen LogP contribution in [0.15, 0.2) is 35.1 Å². The van der Waals surface area contributed by atoms with Crippen LogP contribution in [-0.2, 0) is 24.2 Å². The van der Waals surface area contributed by atoms with Crippen LogP contribution >= 0.6 is 0 Å². The van der Waals surface area contributed by atoms with Crippen LogP contribution in [0.1, 0.15) is 37.9 Å². The van der Waals surface area contributed by atoms with Crippen molar-refractivity contribution in [3.63, 3.8) is 0 Å². The average molecular weight is 365 g/mol. The predicted octanol–water partition coefficient (Wildman–Crippen LogP) is 1.96. The van der Waals surface area contributed by atoms with Gasteiger partial charge in [0.1, 0.15) is 6.54 Å². The summed E-state index contributed by atoms with van der Waals surface area (Å²) in [7, 11) is 0. The molecule has 1 atom stereocenters. The number of nitrogens with zero attached hydrogens (tertiary/aromatic N) is 4. The lowest BCUT2D eigenvalue weighted by molar-refractivity contribution is -0.122. The van der Waals surface area contributed by atoms with Gasteiger partial charge in [0.25, 0.3) is 5.56 Å². The molecule has 2 heterocycles. The van der Waals surface area contributed by atoms with Gasteiger partial charge in [0.05, 0.1) is 0 Å². The van der Waals surface area contributed by atoms with E-state index in [-0.39, 0.29) is 24.1 Å². The highest BCUT2D eigenvalue weighted by atomic mass is 16.2. The second-order valence-electron chi connectivity index (χ2n) is 7.06. The van der Waals surface area contributed by atoms with Crippen LogP contribution < -0.4 is 10.9 Å². The van der Waals surface area contributed by atoms with Gasteiger partial charge in [0.2, 0.25) is 11.7 Å². The number of nitrogens with one attached hydrogen (secondary N) is 1. The summed E-state index contributed by atoms with van der Waals surface area (Å²) >= 11 is 0. The number of carbonyl (C=O) groups is 1. The van der Waals surface area contributed by atoms with E-state index in [9.17, 15) is 9.59 Å². The fourth-order valence-electron chi connectivity index (χ4n) is 3.56. The van der Waals surface area contributed by atoms with Crippen LogP contribution in [-0.4, -0.2) is 31.1 Å². The Morgan fingerprint density at radius 2 is 2.04 bits per heavy atom. The highest BCUT2D eigenvalue weighted by Gasteiger charge is 2.25. The zero-order valence-corrected chi connectivity index (χ0v) is 15.6. The molecule has 3 aromatic rings. The van der Waals surface area contributed by atoms with E-state index in [1.54, 1.807) is 0 Å². The van der Waals surface area contributed by atoms with Crippen molar-refractivity contribution < 1.29 is 4.79 Å². The molecule has 1 aliphatic rings. The number of amides is 1. The molecular formula is C20H23N5O2. The number of rotatable bonds is 5. The summed E-state index contributed by atoms with van der Waals surface area (Å²) in [5, 5.41) is 7.44. The van der Waals surface area contributed by atoms with Crippen molar-refractivity contribution >= 4 is 11.7 Å². The van der Waals surface area contributed by atoms with Crippen LogP contribution in [0.5, 0.6) is 0 Å². The maximum absolute atomic E-state index is 12.9. The number of hydrogen-bond donors (Lipinski definition) is 1. The quantitative estimate of drug-likeness (QED) is 0.749. The van der Waals surface area contributed by atoms with Gasteiger partial charge in [0, 0.05) is 22.9 Å². The molecule has 0 aliphatic heterocycles. The molecule has 1 aliphatic carbocycles. The molecule has 2 aromatic heterocycles. The third-order valence-electron chi connectivity index (χ3n) is 5.15. The van der Waals surface area contributed by atoms with Crippen LogP contribution in [0.25, 0.3) is 17.2 Å². The van der Waals surface area contributed by atoms with E-state index >= 15 is 0 Å². The molecule has 1 unspecified atom stereocenters. The number of fused-ring (bicyclic) bond motifs is 2. The van der Waals surface area contributed by atoms with E-state index in [0.717, 1.165) is 42.5 Å². The molecule has 0 fully saturated rings. The Kier molecular flexibility index (Phi) is 4.51. The first-order chi connectivity index (χ1) is 13.1. The zero-order valence-electron chi connectivity index (χ0n) is 15.6. The van der Waals surface area contributed by atoms with E-state index in [1.807, 2.05) is 48.7 Å². The molecule has 1 N–H and O–H groups in total. The minimum absolute atomic E-state index is 0.0757. The monoisotopic (exact) mass is 365 g/mol. The molecule has 0 saturated carbocycles. The molecule has 7 heteroatoms. The van der Waals surface area contributed by atoms with Crippen molar-refractivity contribution in [1.82, 2.24) is 24.5 Å². The zero-order chi connectivity index (χ0) is 19.0. The lowest BCUT2D eigenvalue weighted by atomic mass is 10.2. The Bertz CT molecular complexity index is 1050. The second kappa shape index (κ2) is 6.98. The normalized spacial score (nSPS) is 14.3. The van der Waals surface area contributed by atoms with Gasteiger partial charge in [-0.1, -0.05) is 37.3 Å². The lowest BCUT2D eigenvalue weighted by Crippen LogP contribution is -2.36. The maximum Gasteiger partial charge on any atom is 0.279 e. The third-order valence-corrected chi connectivity index (χ3v) is 5.15. The maximum atomic E-state index is 12.9. The standard InChI is InChI=1S/C20H23N5O2/c1-3-13(2)21-17(26)12-24-16-11-7-10-15(16)19(27)25-20(24)22-18(23-25)14-8-5-4-6-9-14/h4-6,8-9,13H,3,7,10-12H2,1-2H3,(H,21,26). The minimum atomic E-state index is -0.120. The van der Waals surface area contributed by atoms with Gasteiger partial charge in [-0.25, -0.2) is 0 Å². The van der Waals surface area contributed by atoms with E-state index in [4.69, 9.17) is 0 Å². The van der Waals surface area contributed by atoms with Crippen LogP contribution in [0.4, 0.5) is 0 Å². The molecule has 4 rings (SSSR count). The predicted molar refractivity (Wildman–Crippen MR) is 103 cm³/mol. The van der Waals surface area contributed by atoms with Crippen LogP contribution in [0.3, 0.4) is 0 Å². The topological polar surface area (TPSA) is 81.3 Å². The molecular weight excluding hydrogens is 342 g/mol. The van der Waals surface area contributed by atoms with Crippen molar-refractivity contribution in [3.8, 4) is 11.4 Å². The fourth-order valence-corrected chi connectivity index (χ4v) is 3.56. The molecule has 7 nitrogen and oxygen atoms in total. The summed E-state index contributed by atoms with van der Waals surface area (Å²) in [4.78, 5) is 30.0. The summed E-state index contributed by atoms with van der Waals surface area (Å²) in [5.41, 5.74) is 2.39. The van der Waals surface area contributed by atoms with Gasteiger partial charge in [-0.05, 0) is 32.6 Å². The summed E-state index contributed by atoms with van der Waals surface area (Å²) < 4.78 is 3.21. The van der Waals surface area contributed by atoms with Gasteiger partial charge in [0.15, 0.2) is 5.82 Å². The molecule has 1 aromatic carbocycles. The Morgan fingerprint density at radius 1 is 1.26 bits per heavy atom. The number of carbonyl (C=O) groups excluding carboxylic acids is 1. The summed E-state index contributed by atoms with van der Waals surface area (Å²) in [6.07, 6.45) is 3.28. The Balaban J connectivity index is 1.84. The van der Waals surface area contributed by atoms with Crippen molar-refractivity contribution in [2.45, 2.75) is 52.1 Å². The summed E-state index contributed by atoms with van der Waals surface area (Å²) in [6, 6.07) is 9.67. The molecule has 140 valence electrons. The summed E-state index contributed by atoms with van der Waals surface area (Å²) in [6.45, 7) is 4.15. The Hall–Kier alpha value is -2.96. The smallest absolute Gasteiger partial charge is 0.279 e. The SMILES string of the molecule is CCC(C)NC(=O)Cn1c2c(c(=O)n3nc(-c4ccccc4)nc13)CCC2. The Morgan fingerprint density at radius 3 is 2.78 bits per heavy atom. The van der Waals surface area contributed by atoms with Gasteiger partial charge in [-0.15, -0.1) is 5.10 Å². The lowest BCUT2D eigenvalue weighted by Gasteiger charge is -2.16. The minimum Gasteiger partial charge on any atom is -0.352 e. The third kappa shape index (κ3) is 3.13. The van der Waals surface area contributed by atoms with Crippen molar-refractivity contribution in [3.05, 3.63) is 51.9 Å². The largest absolute Gasteiger partial charge is 0.352 e. The first-order valence-corrected chi connectivity index (χ1v) is 9.44. The van der Waals surface area contributed by atoms with E-state index in [2.05, 4.69) is 15.4 Å².